The number of carbonyl (C=O) groups excluding carboxylic acids is 1. The highest BCUT2D eigenvalue weighted by atomic mass is 16.8. The van der Waals surface area contributed by atoms with Crippen LogP contribution in [0.1, 0.15) is 120 Å². The molecular weight excluding hydrogens is 1210 g/mol. The van der Waals surface area contributed by atoms with Crippen LogP contribution in [0.5, 0.6) is 0 Å². The molecule has 524 valence electrons. The van der Waals surface area contributed by atoms with Gasteiger partial charge in [0.05, 0.1) is 55.4 Å². The predicted molar refractivity (Wildman–Crippen MR) is 306 cm³/mol. The Morgan fingerprint density at radius 1 is 0.549 bits per heavy atom. The number of hydrogen-bond donors (Lipinski definition) is 16. The number of Topliss-reactive ketones (excluding diaryl/α,β-unsaturated/α-hetero) is 1. The van der Waals surface area contributed by atoms with Gasteiger partial charge in [0.1, 0.15) is 122 Å². The summed E-state index contributed by atoms with van der Waals surface area (Å²) in [7, 11) is 0. The number of fused-ring (bicyclic) bond motifs is 5. The Bertz CT molecular complexity index is 2460. The van der Waals surface area contributed by atoms with Gasteiger partial charge in [0.25, 0.3) is 0 Å². The second-order valence-electron chi connectivity index (χ2n) is 29.0. The van der Waals surface area contributed by atoms with Crippen LogP contribution in [0.2, 0.25) is 0 Å². The minimum atomic E-state index is -2.03. The van der Waals surface area contributed by atoms with Crippen molar-refractivity contribution in [2.24, 2.45) is 40.4 Å². The number of hydrogen-bond acceptors (Lipinski definition) is 29. The second-order valence-corrected chi connectivity index (χ2v) is 29.0. The van der Waals surface area contributed by atoms with Gasteiger partial charge in [-0.3, -0.25) is 4.79 Å². The maximum atomic E-state index is 13.2. The highest BCUT2D eigenvalue weighted by Gasteiger charge is 2.64. The Morgan fingerprint density at radius 2 is 1.04 bits per heavy atom. The lowest BCUT2D eigenvalue weighted by atomic mass is 9.47. The first-order chi connectivity index (χ1) is 42.7. The van der Waals surface area contributed by atoms with E-state index in [4.69, 9.17) is 56.8 Å². The van der Waals surface area contributed by atoms with Crippen molar-refractivity contribution in [1.82, 2.24) is 0 Å². The van der Waals surface area contributed by atoms with E-state index in [0.29, 0.717) is 44.9 Å². The fourth-order valence-corrected chi connectivity index (χ4v) is 16.9. The summed E-state index contributed by atoms with van der Waals surface area (Å²) in [6.07, 6.45) is -43.5. The molecule has 36 unspecified atom stereocenters. The smallest absolute Gasteiger partial charge is 0.187 e. The van der Waals surface area contributed by atoms with Gasteiger partial charge in [-0.1, -0.05) is 39.3 Å². The summed E-state index contributed by atoms with van der Waals surface area (Å²) in [6, 6.07) is 0. The molecule has 10 aliphatic rings. The summed E-state index contributed by atoms with van der Waals surface area (Å²) in [5.74, 6) is -0.213. The first-order valence-electron chi connectivity index (χ1n) is 32.6. The molecule has 29 nitrogen and oxygen atoms in total. The average molecular weight is 1310 g/mol. The highest BCUT2D eigenvalue weighted by molar-refractivity contribution is 5.79. The fraction of sp³-hybridized carbons (Fsp3) is 0.952. The van der Waals surface area contributed by atoms with E-state index in [2.05, 4.69) is 19.9 Å². The van der Waals surface area contributed by atoms with Crippen molar-refractivity contribution >= 4 is 5.78 Å². The molecule has 0 bridgehead atoms. The average Bonchev–Trinajstić information content (AvgIpc) is 1.68. The van der Waals surface area contributed by atoms with E-state index in [1.165, 1.54) is 33.3 Å². The highest BCUT2D eigenvalue weighted by Crippen LogP contribution is 2.67. The molecule has 0 amide bonds. The zero-order valence-corrected chi connectivity index (χ0v) is 53.1. The van der Waals surface area contributed by atoms with Gasteiger partial charge in [-0.2, -0.15) is 0 Å². The van der Waals surface area contributed by atoms with E-state index in [9.17, 15) is 86.5 Å². The Morgan fingerprint density at radius 3 is 1.59 bits per heavy atom. The van der Waals surface area contributed by atoms with Gasteiger partial charge in [-0.05, 0) is 120 Å². The molecule has 16 N–H and O–H groups in total. The third-order valence-corrected chi connectivity index (χ3v) is 22.1. The number of rotatable bonds is 18. The molecule has 6 saturated heterocycles. The van der Waals surface area contributed by atoms with E-state index in [1.54, 1.807) is 6.92 Å². The summed E-state index contributed by atoms with van der Waals surface area (Å²) in [5.41, 5.74) is -0.796. The number of carbonyl (C=O) groups is 1. The molecule has 6 aliphatic heterocycles. The van der Waals surface area contributed by atoms with Crippen molar-refractivity contribution < 1.29 is 143 Å². The lowest BCUT2D eigenvalue weighted by Crippen LogP contribution is -2.67. The number of allylic oxidation sites excluding steroid dienone is 2. The molecule has 0 radical (unpaired) electrons. The van der Waals surface area contributed by atoms with Gasteiger partial charge >= 0.3 is 0 Å². The van der Waals surface area contributed by atoms with Crippen LogP contribution in [-0.2, 0) is 61.6 Å². The first-order valence-corrected chi connectivity index (χ1v) is 32.6. The third kappa shape index (κ3) is 13.9. The molecule has 3 saturated carbocycles. The first kappa shape index (κ1) is 72.0. The Balaban J connectivity index is 0.886. The maximum absolute atomic E-state index is 13.2. The second kappa shape index (κ2) is 28.3. The maximum Gasteiger partial charge on any atom is 0.187 e. The van der Waals surface area contributed by atoms with E-state index in [1.807, 2.05) is 13.8 Å². The van der Waals surface area contributed by atoms with Gasteiger partial charge in [0, 0.05) is 12.8 Å². The number of ketones is 1. The summed E-state index contributed by atoms with van der Waals surface area (Å²) in [6.45, 7) is 14.2. The molecular formula is C62H102O29. The van der Waals surface area contributed by atoms with Crippen LogP contribution < -0.4 is 0 Å². The standard InChI is InChI=1S/C62H102O29/c1-22(2)16-28(65)19-62(9,79)36-11-10-30-29-18-33(32-17-27(64)12-14-60(32,7)31(29)13-15-61(30,36)8)85-56-48(77)51(40(69)25(5)83-56)89-58-52(90-55-47(76)44(73)38(67)24(4)82-55)42(71)35(21-80-58)87-59-53(45(74)41(70)34(20-63)86-59)91-57-49(78)50(39(68)26(6)84-57)88-54-46(75)43(72)37(66)23(3)81-54/h13,22-27,29-30,32-59,63-64,66-79H,10-12,14-21H2,1-9H3/t23?,24?,25?,26?,27?,29?,30?,32-,33+,34?,35?,36?,37?,38?,39?,40?,41?,42?,43?,44?,45?,46?,47?,48?,49?,50?,51?,52?,53?,54?,55?,56?,57?,58?,59?,60?,61?,62?/m1/s1. The van der Waals surface area contributed by atoms with Gasteiger partial charge in [-0.15, -0.1) is 0 Å². The van der Waals surface area contributed by atoms with Crippen molar-refractivity contribution in [3.63, 3.8) is 0 Å². The van der Waals surface area contributed by atoms with Gasteiger partial charge in [0.2, 0.25) is 0 Å². The minimum Gasteiger partial charge on any atom is -0.394 e. The normalized spacial score (nSPS) is 53.6. The van der Waals surface area contributed by atoms with E-state index in [-0.39, 0.29) is 47.2 Å². The number of aliphatic hydroxyl groups excluding tert-OH is 15. The summed E-state index contributed by atoms with van der Waals surface area (Å²) in [4.78, 5) is 13.2. The zero-order valence-electron chi connectivity index (χ0n) is 53.1. The van der Waals surface area contributed by atoms with Crippen LogP contribution in [0.4, 0.5) is 0 Å². The number of aliphatic hydroxyl groups is 16. The van der Waals surface area contributed by atoms with Crippen LogP contribution in [0, 0.1) is 40.4 Å². The van der Waals surface area contributed by atoms with Crippen LogP contribution in [0.25, 0.3) is 0 Å². The van der Waals surface area contributed by atoms with E-state index < -0.39 is 215 Å². The minimum absolute atomic E-state index is 0.0204. The molecule has 0 aromatic rings. The fourth-order valence-electron chi connectivity index (χ4n) is 16.9. The molecule has 9 fully saturated rings. The van der Waals surface area contributed by atoms with Crippen molar-refractivity contribution in [1.29, 1.82) is 0 Å². The molecule has 91 heavy (non-hydrogen) atoms. The molecule has 0 spiro atoms. The van der Waals surface area contributed by atoms with Crippen molar-refractivity contribution in [3.05, 3.63) is 11.6 Å². The molecule has 6 heterocycles. The predicted octanol–water partition coefficient (Wildman–Crippen LogP) is -3.65. The Kier molecular flexibility index (Phi) is 22.4. The van der Waals surface area contributed by atoms with Gasteiger partial charge in [-0.25, -0.2) is 0 Å². The quantitative estimate of drug-likeness (QED) is 0.0588. The largest absolute Gasteiger partial charge is 0.394 e. The molecule has 10 rings (SSSR count). The molecule has 29 heteroatoms. The lowest BCUT2D eigenvalue weighted by molar-refractivity contribution is -0.402. The Labute approximate surface area is 528 Å². The summed E-state index contributed by atoms with van der Waals surface area (Å²) >= 11 is 0. The van der Waals surface area contributed by atoms with E-state index in [0.717, 1.165) is 6.42 Å². The lowest BCUT2D eigenvalue weighted by Gasteiger charge is -2.60. The Hall–Kier alpha value is -1.71. The van der Waals surface area contributed by atoms with Gasteiger partial charge in [0.15, 0.2) is 37.7 Å². The summed E-state index contributed by atoms with van der Waals surface area (Å²) < 4.78 is 73.3. The molecule has 0 aromatic carbocycles. The summed E-state index contributed by atoms with van der Waals surface area (Å²) in [5, 5.41) is 180. The molecule has 4 aliphatic carbocycles. The van der Waals surface area contributed by atoms with Crippen LogP contribution >= 0.6 is 0 Å². The van der Waals surface area contributed by atoms with Crippen molar-refractivity contribution in [2.75, 3.05) is 13.2 Å². The monoisotopic (exact) mass is 1310 g/mol. The SMILES string of the molecule is CC(C)CC(=O)CC(C)(O)C1CCC2C3C[C@H](OC4OC(C)C(O)C(OC5OCC(OC6OC(CO)C(O)C(O)C6OC6OC(C)C(O)C(OC7OC(C)C(O)C(O)C7O)C6O)C(O)C5OC5OC(C)C(O)C(O)C5O)C4O)[C@H]4CC(O)CCC4(C)C3=CCC21C. The molecule has 38 atom stereocenters. The van der Waals surface area contributed by atoms with E-state index >= 15 is 0 Å². The van der Waals surface area contributed by atoms with Crippen LogP contribution in [0.15, 0.2) is 11.6 Å². The van der Waals surface area contributed by atoms with Crippen molar-refractivity contribution in [2.45, 2.75) is 316 Å². The van der Waals surface area contributed by atoms with Crippen LogP contribution in [-0.4, -0.2) is 297 Å². The number of ether oxygens (including phenoxy) is 12. The van der Waals surface area contributed by atoms with Crippen LogP contribution in [0.3, 0.4) is 0 Å². The van der Waals surface area contributed by atoms with Gasteiger partial charge < -0.3 is 139 Å². The third-order valence-electron chi connectivity index (χ3n) is 22.1. The molecule has 0 aromatic heterocycles. The zero-order chi connectivity index (χ0) is 66.4. The van der Waals surface area contributed by atoms with Crippen molar-refractivity contribution in [3.8, 4) is 0 Å². The topological polar surface area (TPSA) is 452 Å².